The van der Waals surface area contributed by atoms with Crippen molar-refractivity contribution < 1.29 is 14.6 Å². The third kappa shape index (κ3) is 4.23. The van der Waals surface area contributed by atoms with Crippen molar-refractivity contribution in [3.8, 4) is 0 Å². The standard InChI is InChI=1S/C13H24N2O3/c16-10-11-1-5-15(6-2-11)9-13(17)14-12-3-7-18-8-4-12/h11-12,16H,1-10H2,(H,14,17). The summed E-state index contributed by atoms with van der Waals surface area (Å²) in [4.78, 5) is 14.1. The van der Waals surface area contributed by atoms with E-state index >= 15 is 0 Å². The number of aliphatic hydroxyl groups is 1. The van der Waals surface area contributed by atoms with E-state index in [4.69, 9.17) is 9.84 Å². The maximum atomic E-state index is 11.9. The van der Waals surface area contributed by atoms with Gasteiger partial charge in [-0.05, 0) is 44.7 Å². The summed E-state index contributed by atoms with van der Waals surface area (Å²) < 4.78 is 5.27. The average molecular weight is 256 g/mol. The number of carbonyl (C=O) groups is 1. The van der Waals surface area contributed by atoms with Gasteiger partial charge in [0.1, 0.15) is 0 Å². The fourth-order valence-electron chi connectivity index (χ4n) is 2.65. The molecule has 0 aromatic carbocycles. The minimum absolute atomic E-state index is 0.129. The summed E-state index contributed by atoms with van der Waals surface area (Å²) in [5, 5.41) is 12.1. The molecule has 0 unspecified atom stereocenters. The summed E-state index contributed by atoms with van der Waals surface area (Å²) in [7, 11) is 0. The second-order valence-electron chi connectivity index (χ2n) is 5.36. The third-order valence-electron chi connectivity index (χ3n) is 3.92. The van der Waals surface area contributed by atoms with Gasteiger partial charge in [0, 0.05) is 25.9 Å². The Balaban J connectivity index is 1.65. The SMILES string of the molecule is O=C(CN1CCC(CO)CC1)NC1CCOCC1. The van der Waals surface area contributed by atoms with E-state index in [2.05, 4.69) is 10.2 Å². The number of likely N-dealkylation sites (tertiary alicyclic amines) is 1. The number of ether oxygens (including phenoxy) is 1. The van der Waals surface area contributed by atoms with Crippen LogP contribution in [-0.4, -0.2) is 61.4 Å². The summed E-state index contributed by atoms with van der Waals surface area (Å²) >= 11 is 0. The van der Waals surface area contributed by atoms with Gasteiger partial charge in [-0.1, -0.05) is 0 Å². The molecule has 2 aliphatic rings. The van der Waals surface area contributed by atoms with Gasteiger partial charge in [-0.25, -0.2) is 0 Å². The highest BCUT2D eigenvalue weighted by molar-refractivity contribution is 5.78. The van der Waals surface area contributed by atoms with Gasteiger partial charge in [0.25, 0.3) is 0 Å². The number of aliphatic hydroxyl groups excluding tert-OH is 1. The van der Waals surface area contributed by atoms with Crippen LogP contribution in [0.1, 0.15) is 25.7 Å². The number of carbonyl (C=O) groups excluding carboxylic acids is 1. The zero-order chi connectivity index (χ0) is 12.8. The van der Waals surface area contributed by atoms with Crippen molar-refractivity contribution in [3.63, 3.8) is 0 Å². The number of piperidine rings is 1. The van der Waals surface area contributed by atoms with E-state index in [0.717, 1.165) is 52.0 Å². The third-order valence-corrected chi connectivity index (χ3v) is 3.92. The highest BCUT2D eigenvalue weighted by atomic mass is 16.5. The first-order valence-electron chi connectivity index (χ1n) is 6.98. The van der Waals surface area contributed by atoms with Crippen molar-refractivity contribution in [1.29, 1.82) is 0 Å². The van der Waals surface area contributed by atoms with Crippen LogP contribution in [0.2, 0.25) is 0 Å². The lowest BCUT2D eigenvalue weighted by atomic mass is 9.98. The average Bonchev–Trinajstić information content (AvgIpc) is 2.40. The number of hydrogen-bond acceptors (Lipinski definition) is 4. The summed E-state index contributed by atoms with van der Waals surface area (Å²) in [5.74, 6) is 0.559. The Hall–Kier alpha value is -0.650. The summed E-state index contributed by atoms with van der Waals surface area (Å²) in [5.41, 5.74) is 0. The van der Waals surface area contributed by atoms with Crippen LogP contribution in [0, 0.1) is 5.92 Å². The minimum atomic E-state index is 0.129. The normalized spacial score (nSPS) is 24.1. The first-order chi connectivity index (χ1) is 8.78. The Kier molecular flexibility index (Phi) is 5.41. The summed E-state index contributed by atoms with van der Waals surface area (Å²) in [6.45, 7) is 4.14. The van der Waals surface area contributed by atoms with Crippen LogP contribution in [0.15, 0.2) is 0 Å². The second-order valence-corrected chi connectivity index (χ2v) is 5.36. The van der Waals surface area contributed by atoms with Gasteiger partial charge in [0.2, 0.25) is 5.91 Å². The zero-order valence-electron chi connectivity index (χ0n) is 10.9. The van der Waals surface area contributed by atoms with Crippen molar-refractivity contribution in [2.75, 3.05) is 39.5 Å². The maximum absolute atomic E-state index is 11.9. The van der Waals surface area contributed by atoms with Crippen molar-refractivity contribution in [3.05, 3.63) is 0 Å². The maximum Gasteiger partial charge on any atom is 0.234 e. The molecule has 104 valence electrons. The van der Waals surface area contributed by atoms with Gasteiger partial charge in [0.05, 0.1) is 6.54 Å². The number of amides is 1. The largest absolute Gasteiger partial charge is 0.396 e. The van der Waals surface area contributed by atoms with Crippen molar-refractivity contribution in [2.24, 2.45) is 5.92 Å². The van der Waals surface area contributed by atoms with Gasteiger partial charge in [-0.15, -0.1) is 0 Å². The topological polar surface area (TPSA) is 61.8 Å². The number of nitrogens with one attached hydrogen (secondary N) is 1. The minimum Gasteiger partial charge on any atom is -0.396 e. The molecule has 2 N–H and O–H groups in total. The first-order valence-corrected chi connectivity index (χ1v) is 6.98. The highest BCUT2D eigenvalue weighted by Crippen LogP contribution is 2.15. The van der Waals surface area contributed by atoms with Gasteiger partial charge < -0.3 is 15.2 Å². The van der Waals surface area contributed by atoms with E-state index in [9.17, 15) is 4.79 Å². The lowest BCUT2D eigenvalue weighted by Gasteiger charge is -2.31. The monoisotopic (exact) mass is 256 g/mol. The van der Waals surface area contributed by atoms with Crippen LogP contribution in [0.25, 0.3) is 0 Å². The van der Waals surface area contributed by atoms with Crippen LogP contribution in [0.5, 0.6) is 0 Å². The molecule has 0 aromatic rings. The van der Waals surface area contributed by atoms with Crippen LogP contribution in [0.3, 0.4) is 0 Å². The van der Waals surface area contributed by atoms with Crippen molar-refractivity contribution >= 4 is 5.91 Å². The fourth-order valence-corrected chi connectivity index (χ4v) is 2.65. The molecule has 2 fully saturated rings. The smallest absolute Gasteiger partial charge is 0.234 e. The predicted octanol–water partition coefficient (Wildman–Crippen LogP) is -0.0141. The van der Waals surface area contributed by atoms with E-state index in [1.54, 1.807) is 0 Å². The molecule has 0 aliphatic carbocycles. The molecular weight excluding hydrogens is 232 g/mol. The molecule has 2 saturated heterocycles. The lowest BCUT2D eigenvalue weighted by Crippen LogP contribution is -2.46. The fraction of sp³-hybridized carbons (Fsp3) is 0.923. The first kappa shape index (κ1) is 13.8. The van der Waals surface area contributed by atoms with Crippen molar-refractivity contribution in [2.45, 2.75) is 31.7 Å². The Morgan fingerprint density at radius 2 is 1.89 bits per heavy atom. The van der Waals surface area contributed by atoms with Gasteiger partial charge >= 0.3 is 0 Å². The van der Waals surface area contributed by atoms with Gasteiger partial charge in [0.15, 0.2) is 0 Å². The summed E-state index contributed by atoms with van der Waals surface area (Å²) in [6, 6.07) is 0.293. The van der Waals surface area contributed by atoms with Crippen LogP contribution in [0.4, 0.5) is 0 Å². The number of rotatable bonds is 4. The van der Waals surface area contributed by atoms with E-state index in [0.29, 0.717) is 18.5 Å². The number of hydrogen-bond donors (Lipinski definition) is 2. The lowest BCUT2D eigenvalue weighted by molar-refractivity contribution is -0.123. The molecule has 5 nitrogen and oxygen atoms in total. The molecule has 5 heteroatoms. The molecule has 0 spiro atoms. The van der Waals surface area contributed by atoms with E-state index in [1.165, 1.54) is 0 Å². The molecule has 0 aromatic heterocycles. The van der Waals surface area contributed by atoms with E-state index in [-0.39, 0.29) is 12.5 Å². The molecule has 2 aliphatic heterocycles. The second kappa shape index (κ2) is 7.07. The molecular formula is C13H24N2O3. The molecule has 2 heterocycles. The van der Waals surface area contributed by atoms with E-state index < -0.39 is 0 Å². The molecule has 2 rings (SSSR count). The molecule has 1 amide bonds. The number of nitrogens with zero attached hydrogens (tertiary/aromatic N) is 1. The van der Waals surface area contributed by atoms with Crippen LogP contribution >= 0.6 is 0 Å². The Bertz CT molecular complexity index is 259. The molecule has 18 heavy (non-hydrogen) atoms. The molecule has 0 atom stereocenters. The van der Waals surface area contributed by atoms with Crippen LogP contribution in [-0.2, 0) is 9.53 Å². The molecule has 0 saturated carbocycles. The quantitative estimate of drug-likeness (QED) is 0.742. The van der Waals surface area contributed by atoms with E-state index in [1.807, 2.05) is 0 Å². The summed E-state index contributed by atoms with van der Waals surface area (Å²) in [6.07, 6.45) is 3.86. The van der Waals surface area contributed by atoms with Gasteiger partial charge in [-0.2, -0.15) is 0 Å². The predicted molar refractivity (Wildman–Crippen MR) is 68.2 cm³/mol. The Morgan fingerprint density at radius 3 is 2.50 bits per heavy atom. The van der Waals surface area contributed by atoms with Crippen molar-refractivity contribution in [1.82, 2.24) is 10.2 Å². The zero-order valence-corrected chi connectivity index (χ0v) is 10.9. The van der Waals surface area contributed by atoms with Crippen LogP contribution < -0.4 is 5.32 Å². The van der Waals surface area contributed by atoms with Gasteiger partial charge in [-0.3, -0.25) is 9.69 Å². The Morgan fingerprint density at radius 1 is 1.22 bits per heavy atom. The Labute approximate surface area is 108 Å². The molecule has 0 bridgehead atoms. The molecule has 0 radical (unpaired) electrons. The highest BCUT2D eigenvalue weighted by Gasteiger charge is 2.22.